The van der Waals surface area contributed by atoms with Crippen molar-refractivity contribution in [2.75, 3.05) is 0 Å². The summed E-state index contributed by atoms with van der Waals surface area (Å²) >= 11 is 0. The lowest BCUT2D eigenvalue weighted by Crippen LogP contribution is -2.41. The zero-order chi connectivity index (χ0) is 14.3. The first-order chi connectivity index (χ1) is 8.99. The van der Waals surface area contributed by atoms with Gasteiger partial charge in [0.2, 0.25) is 0 Å². The van der Waals surface area contributed by atoms with Crippen molar-refractivity contribution in [1.29, 1.82) is 0 Å². The molecule has 0 unspecified atom stereocenters. The molecule has 0 spiro atoms. The number of aliphatic carboxylic acids is 1. The van der Waals surface area contributed by atoms with E-state index in [2.05, 4.69) is 11.9 Å². The predicted octanol–water partition coefficient (Wildman–Crippen LogP) is 2.33. The third kappa shape index (κ3) is 5.72. The Bertz CT molecular complexity index is 456. The van der Waals surface area contributed by atoms with Crippen molar-refractivity contribution in [2.45, 2.75) is 26.0 Å². The quantitative estimate of drug-likeness (QED) is 0.772. The molecule has 1 atom stereocenters. The number of ether oxygens (including phenoxy) is 1. The van der Waals surface area contributed by atoms with Gasteiger partial charge in [-0.05, 0) is 18.9 Å². The monoisotopic (exact) mass is 263 g/mol. The number of carboxylic acids is 1. The summed E-state index contributed by atoms with van der Waals surface area (Å²) in [5.41, 5.74) is 1.51. The molecule has 0 radical (unpaired) electrons. The van der Waals surface area contributed by atoms with Crippen LogP contribution in [0, 0.1) is 0 Å². The lowest BCUT2D eigenvalue weighted by atomic mass is 10.1. The van der Waals surface area contributed by atoms with Gasteiger partial charge in [0.25, 0.3) is 0 Å². The highest BCUT2D eigenvalue weighted by Crippen LogP contribution is 2.04. The van der Waals surface area contributed by atoms with Gasteiger partial charge >= 0.3 is 12.1 Å². The number of amides is 1. The molecule has 19 heavy (non-hydrogen) atoms. The molecule has 0 aliphatic carbocycles. The Balaban J connectivity index is 2.45. The van der Waals surface area contributed by atoms with E-state index in [0.717, 1.165) is 5.56 Å². The van der Waals surface area contributed by atoms with Crippen LogP contribution in [-0.4, -0.2) is 23.2 Å². The highest BCUT2D eigenvalue weighted by molar-refractivity contribution is 5.80. The predicted molar refractivity (Wildman–Crippen MR) is 70.6 cm³/mol. The summed E-state index contributed by atoms with van der Waals surface area (Å²) in [6, 6.07) is 8.14. The van der Waals surface area contributed by atoms with Crippen LogP contribution in [0.1, 0.15) is 18.9 Å². The molecular formula is C14H17NO4. The molecule has 0 saturated carbocycles. The Morgan fingerprint density at radius 3 is 2.53 bits per heavy atom. The van der Waals surface area contributed by atoms with Crippen molar-refractivity contribution < 1.29 is 19.4 Å². The Hall–Kier alpha value is -2.30. The Labute approximate surface area is 111 Å². The van der Waals surface area contributed by atoms with E-state index >= 15 is 0 Å². The van der Waals surface area contributed by atoms with E-state index in [1.807, 2.05) is 30.3 Å². The molecule has 1 aromatic carbocycles. The SMILES string of the molecule is C=C(C)C[C@H](NC(=O)OCc1ccccc1)C(=O)O. The molecule has 0 aliphatic rings. The van der Waals surface area contributed by atoms with E-state index < -0.39 is 18.1 Å². The summed E-state index contributed by atoms with van der Waals surface area (Å²) in [5.74, 6) is -1.11. The van der Waals surface area contributed by atoms with Crippen LogP contribution in [0.2, 0.25) is 0 Å². The highest BCUT2D eigenvalue weighted by atomic mass is 16.5. The molecule has 0 bridgehead atoms. The number of carbonyl (C=O) groups is 2. The van der Waals surface area contributed by atoms with Crippen molar-refractivity contribution in [2.24, 2.45) is 0 Å². The van der Waals surface area contributed by atoms with Gasteiger partial charge < -0.3 is 15.2 Å². The Kier molecular flexibility index (Phi) is 5.60. The molecular weight excluding hydrogens is 246 g/mol. The van der Waals surface area contributed by atoms with Crippen LogP contribution in [0.25, 0.3) is 0 Å². The first-order valence-electron chi connectivity index (χ1n) is 5.83. The molecule has 1 amide bonds. The van der Waals surface area contributed by atoms with E-state index in [1.165, 1.54) is 0 Å². The van der Waals surface area contributed by atoms with Gasteiger partial charge in [-0.25, -0.2) is 9.59 Å². The normalized spacial score (nSPS) is 11.4. The van der Waals surface area contributed by atoms with Crippen molar-refractivity contribution in [1.82, 2.24) is 5.32 Å². The Morgan fingerprint density at radius 2 is 2.00 bits per heavy atom. The first kappa shape index (κ1) is 14.8. The second-order valence-electron chi connectivity index (χ2n) is 4.26. The number of benzene rings is 1. The summed E-state index contributed by atoms with van der Waals surface area (Å²) < 4.78 is 4.95. The van der Waals surface area contributed by atoms with Crippen LogP contribution in [0.4, 0.5) is 4.79 Å². The number of hydrogen-bond acceptors (Lipinski definition) is 3. The summed E-state index contributed by atoms with van der Waals surface area (Å²) in [7, 11) is 0. The van der Waals surface area contributed by atoms with Crippen LogP contribution < -0.4 is 5.32 Å². The number of carboxylic acid groups (broad SMARTS) is 1. The van der Waals surface area contributed by atoms with E-state index in [0.29, 0.717) is 5.57 Å². The minimum atomic E-state index is -1.11. The second-order valence-corrected chi connectivity index (χ2v) is 4.26. The molecule has 0 aromatic heterocycles. The highest BCUT2D eigenvalue weighted by Gasteiger charge is 2.20. The van der Waals surface area contributed by atoms with Crippen molar-refractivity contribution >= 4 is 12.1 Å². The molecule has 1 rings (SSSR count). The maximum Gasteiger partial charge on any atom is 0.408 e. The lowest BCUT2D eigenvalue weighted by molar-refractivity contribution is -0.139. The molecule has 5 nitrogen and oxygen atoms in total. The molecule has 0 saturated heterocycles. The fourth-order valence-electron chi connectivity index (χ4n) is 1.46. The number of nitrogens with one attached hydrogen (secondary N) is 1. The molecule has 1 aromatic rings. The van der Waals surface area contributed by atoms with E-state index in [9.17, 15) is 9.59 Å². The summed E-state index contributed by atoms with van der Waals surface area (Å²) in [6.45, 7) is 5.43. The minimum Gasteiger partial charge on any atom is -0.480 e. The largest absolute Gasteiger partial charge is 0.480 e. The van der Waals surface area contributed by atoms with Gasteiger partial charge in [0.1, 0.15) is 12.6 Å². The minimum absolute atomic E-state index is 0.103. The smallest absolute Gasteiger partial charge is 0.408 e. The van der Waals surface area contributed by atoms with E-state index in [-0.39, 0.29) is 13.0 Å². The molecule has 0 aliphatic heterocycles. The van der Waals surface area contributed by atoms with E-state index in [4.69, 9.17) is 9.84 Å². The average molecular weight is 263 g/mol. The fraction of sp³-hybridized carbons (Fsp3) is 0.286. The van der Waals surface area contributed by atoms with Gasteiger partial charge in [-0.1, -0.05) is 35.9 Å². The maximum absolute atomic E-state index is 11.5. The topological polar surface area (TPSA) is 75.6 Å². The van der Waals surface area contributed by atoms with Gasteiger partial charge in [0.05, 0.1) is 0 Å². The number of hydrogen-bond donors (Lipinski definition) is 2. The zero-order valence-electron chi connectivity index (χ0n) is 10.8. The zero-order valence-corrected chi connectivity index (χ0v) is 10.8. The van der Waals surface area contributed by atoms with E-state index in [1.54, 1.807) is 6.92 Å². The summed E-state index contributed by atoms with van der Waals surface area (Å²) in [6.07, 6.45) is -0.576. The molecule has 0 heterocycles. The average Bonchev–Trinajstić information content (AvgIpc) is 2.36. The fourth-order valence-corrected chi connectivity index (χ4v) is 1.46. The Morgan fingerprint density at radius 1 is 1.37 bits per heavy atom. The third-order valence-electron chi connectivity index (χ3n) is 2.36. The van der Waals surface area contributed by atoms with Crippen molar-refractivity contribution in [3.05, 3.63) is 48.0 Å². The van der Waals surface area contributed by atoms with Gasteiger partial charge in [-0.3, -0.25) is 0 Å². The van der Waals surface area contributed by atoms with Gasteiger partial charge in [0, 0.05) is 0 Å². The summed E-state index contributed by atoms with van der Waals surface area (Å²) in [4.78, 5) is 22.4. The van der Waals surface area contributed by atoms with Gasteiger partial charge in [-0.2, -0.15) is 0 Å². The van der Waals surface area contributed by atoms with Gasteiger partial charge in [-0.15, -0.1) is 6.58 Å². The van der Waals surface area contributed by atoms with Crippen LogP contribution in [0.15, 0.2) is 42.5 Å². The van der Waals surface area contributed by atoms with Crippen LogP contribution >= 0.6 is 0 Å². The van der Waals surface area contributed by atoms with Crippen LogP contribution in [0.3, 0.4) is 0 Å². The van der Waals surface area contributed by atoms with Crippen molar-refractivity contribution in [3.8, 4) is 0 Å². The number of carbonyl (C=O) groups excluding carboxylic acids is 1. The standard InChI is InChI=1S/C14H17NO4/c1-10(2)8-12(13(16)17)15-14(18)19-9-11-6-4-3-5-7-11/h3-7,12H,1,8-9H2,2H3,(H,15,18)(H,16,17)/t12-/m0/s1. The summed E-state index contributed by atoms with van der Waals surface area (Å²) in [5, 5.41) is 11.2. The molecule has 2 N–H and O–H groups in total. The second kappa shape index (κ2) is 7.20. The van der Waals surface area contributed by atoms with Gasteiger partial charge in [0.15, 0.2) is 0 Å². The molecule has 5 heteroatoms. The lowest BCUT2D eigenvalue weighted by Gasteiger charge is -2.14. The number of rotatable bonds is 6. The molecule has 0 fully saturated rings. The third-order valence-corrected chi connectivity index (χ3v) is 2.36. The number of alkyl carbamates (subject to hydrolysis) is 1. The molecule has 102 valence electrons. The van der Waals surface area contributed by atoms with Crippen LogP contribution in [0.5, 0.6) is 0 Å². The maximum atomic E-state index is 11.5. The van der Waals surface area contributed by atoms with Crippen molar-refractivity contribution in [3.63, 3.8) is 0 Å². The van der Waals surface area contributed by atoms with Crippen LogP contribution in [-0.2, 0) is 16.1 Å². The first-order valence-corrected chi connectivity index (χ1v) is 5.83.